The summed E-state index contributed by atoms with van der Waals surface area (Å²) in [7, 11) is 0. The van der Waals surface area contributed by atoms with Crippen LogP contribution in [0.5, 0.6) is 0 Å². The first-order valence-electron chi connectivity index (χ1n) is 7.92. The zero-order valence-electron chi connectivity index (χ0n) is 13.0. The Kier molecular flexibility index (Phi) is 4.67. The van der Waals surface area contributed by atoms with Crippen LogP contribution in [0, 0.1) is 11.8 Å². The molecule has 1 aromatic rings. The van der Waals surface area contributed by atoms with E-state index in [0.717, 1.165) is 24.8 Å². The summed E-state index contributed by atoms with van der Waals surface area (Å²) in [6.45, 7) is 11.4. The molecule has 19 heavy (non-hydrogen) atoms. The molecule has 1 nitrogen and oxygen atoms in total. The number of aryl methyl sites for hydroxylation is 1. The summed E-state index contributed by atoms with van der Waals surface area (Å²) in [5.74, 6) is 1.59. The van der Waals surface area contributed by atoms with Crippen LogP contribution in [0.4, 0.5) is 0 Å². The number of rotatable bonds is 7. The lowest BCUT2D eigenvalue weighted by molar-refractivity contribution is 0.499. The van der Waals surface area contributed by atoms with Crippen molar-refractivity contribution in [2.24, 2.45) is 11.8 Å². The fourth-order valence-electron chi connectivity index (χ4n) is 3.26. The first-order valence-corrected chi connectivity index (χ1v) is 7.92. The Morgan fingerprint density at radius 1 is 1.21 bits per heavy atom. The molecule has 0 aliphatic heterocycles. The van der Waals surface area contributed by atoms with Crippen LogP contribution in [0.2, 0.25) is 0 Å². The maximum absolute atomic E-state index is 3.63. The highest BCUT2D eigenvalue weighted by Crippen LogP contribution is 2.56. The summed E-state index contributed by atoms with van der Waals surface area (Å²) in [4.78, 5) is 0. The van der Waals surface area contributed by atoms with E-state index in [1.54, 1.807) is 5.56 Å². The second kappa shape index (κ2) is 6.09. The molecule has 1 saturated carbocycles. The Bertz CT molecular complexity index is 393. The second-order valence-electron chi connectivity index (χ2n) is 6.51. The van der Waals surface area contributed by atoms with E-state index >= 15 is 0 Å². The third kappa shape index (κ3) is 3.20. The Balaban J connectivity index is 1.96. The third-order valence-corrected chi connectivity index (χ3v) is 4.74. The van der Waals surface area contributed by atoms with Crippen molar-refractivity contribution in [2.75, 3.05) is 13.1 Å². The lowest BCUT2D eigenvalue weighted by Crippen LogP contribution is -2.24. The molecular weight excluding hydrogens is 230 g/mol. The van der Waals surface area contributed by atoms with E-state index in [1.165, 1.54) is 24.9 Å². The molecule has 1 aliphatic carbocycles. The van der Waals surface area contributed by atoms with Crippen LogP contribution in [0.15, 0.2) is 24.3 Å². The van der Waals surface area contributed by atoms with Crippen molar-refractivity contribution >= 4 is 0 Å². The normalized spacial score (nSPS) is 25.8. The van der Waals surface area contributed by atoms with Crippen LogP contribution >= 0.6 is 0 Å². The zero-order chi connectivity index (χ0) is 13.9. The van der Waals surface area contributed by atoms with Gasteiger partial charge in [-0.3, -0.25) is 0 Å². The quantitative estimate of drug-likeness (QED) is 0.775. The van der Waals surface area contributed by atoms with E-state index in [9.17, 15) is 0 Å². The fraction of sp³-hybridized carbons (Fsp3) is 0.667. The van der Waals surface area contributed by atoms with Crippen molar-refractivity contribution in [3.63, 3.8) is 0 Å². The van der Waals surface area contributed by atoms with Gasteiger partial charge in [0, 0.05) is 0 Å². The van der Waals surface area contributed by atoms with E-state index < -0.39 is 0 Å². The van der Waals surface area contributed by atoms with Crippen molar-refractivity contribution in [3.8, 4) is 0 Å². The predicted octanol–water partition coefficient (Wildman–Crippen LogP) is 4.16. The molecule has 0 saturated heterocycles. The van der Waals surface area contributed by atoms with Gasteiger partial charge in [0.25, 0.3) is 0 Å². The smallest absolute Gasteiger partial charge is 0.000554 e. The number of hydrogen-bond acceptors (Lipinski definition) is 1. The first-order chi connectivity index (χ1) is 9.12. The molecule has 0 heterocycles. The minimum absolute atomic E-state index is 0.469. The Morgan fingerprint density at radius 2 is 1.89 bits per heavy atom. The third-order valence-electron chi connectivity index (χ3n) is 4.74. The van der Waals surface area contributed by atoms with E-state index in [-0.39, 0.29) is 0 Å². The van der Waals surface area contributed by atoms with Crippen LogP contribution in [0.25, 0.3) is 0 Å². The van der Waals surface area contributed by atoms with Crippen molar-refractivity contribution in [3.05, 3.63) is 35.4 Å². The van der Waals surface area contributed by atoms with Crippen molar-refractivity contribution in [1.82, 2.24) is 5.32 Å². The summed E-state index contributed by atoms with van der Waals surface area (Å²) in [6.07, 6.45) is 3.77. The average molecular weight is 259 g/mol. The largest absolute Gasteiger partial charge is 0.316 e. The van der Waals surface area contributed by atoms with Crippen molar-refractivity contribution in [2.45, 2.75) is 52.4 Å². The van der Waals surface area contributed by atoms with Gasteiger partial charge in [0.05, 0.1) is 0 Å². The van der Waals surface area contributed by atoms with Crippen LogP contribution in [-0.4, -0.2) is 13.1 Å². The van der Waals surface area contributed by atoms with E-state index in [0.29, 0.717) is 5.41 Å². The summed E-state index contributed by atoms with van der Waals surface area (Å²) >= 11 is 0. The monoisotopic (exact) mass is 259 g/mol. The number of benzene rings is 1. The SMILES string of the molecule is CCc1ccc(C2(CC)CC2CNCC(C)C)cc1. The number of hydrogen-bond donors (Lipinski definition) is 1. The first kappa shape index (κ1) is 14.6. The molecule has 0 aromatic heterocycles. The zero-order valence-corrected chi connectivity index (χ0v) is 13.0. The highest BCUT2D eigenvalue weighted by atomic mass is 14.9. The van der Waals surface area contributed by atoms with Gasteiger partial charge in [-0.25, -0.2) is 0 Å². The molecule has 2 atom stereocenters. The molecule has 2 unspecified atom stereocenters. The van der Waals surface area contributed by atoms with Crippen LogP contribution in [0.1, 0.15) is 51.7 Å². The summed E-state index contributed by atoms with van der Waals surface area (Å²) in [6, 6.07) is 9.35. The molecule has 1 aromatic carbocycles. The standard InChI is InChI=1S/C18H29N/c1-5-15-7-9-16(10-8-15)18(6-2)11-17(18)13-19-12-14(3)4/h7-10,14,17,19H,5-6,11-13H2,1-4H3. The Hall–Kier alpha value is -0.820. The molecule has 0 radical (unpaired) electrons. The minimum atomic E-state index is 0.469. The highest BCUT2D eigenvalue weighted by molar-refractivity contribution is 5.35. The number of nitrogens with one attached hydrogen (secondary N) is 1. The van der Waals surface area contributed by atoms with Crippen LogP contribution in [0.3, 0.4) is 0 Å². The van der Waals surface area contributed by atoms with Gasteiger partial charge in [-0.05, 0) is 60.7 Å². The van der Waals surface area contributed by atoms with E-state index in [2.05, 4.69) is 57.3 Å². The maximum atomic E-state index is 3.63. The molecular formula is C18H29N. The predicted molar refractivity (Wildman–Crippen MR) is 83.6 cm³/mol. The van der Waals surface area contributed by atoms with Crippen molar-refractivity contribution in [1.29, 1.82) is 0 Å². The van der Waals surface area contributed by atoms with Gasteiger partial charge < -0.3 is 5.32 Å². The molecule has 1 heteroatoms. The molecule has 0 spiro atoms. The molecule has 106 valence electrons. The molecule has 0 amide bonds. The molecule has 0 bridgehead atoms. The maximum Gasteiger partial charge on any atom is -0.000554 e. The Labute approximate surface area is 118 Å². The topological polar surface area (TPSA) is 12.0 Å². The molecule has 1 N–H and O–H groups in total. The molecule has 2 rings (SSSR count). The average Bonchev–Trinajstić information content (AvgIpc) is 3.13. The van der Waals surface area contributed by atoms with Gasteiger partial charge in [0.15, 0.2) is 0 Å². The fourth-order valence-corrected chi connectivity index (χ4v) is 3.26. The van der Waals surface area contributed by atoms with Crippen LogP contribution in [-0.2, 0) is 11.8 Å². The lowest BCUT2D eigenvalue weighted by Gasteiger charge is -2.17. The summed E-state index contributed by atoms with van der Waals surface area (Å²) < 4.78 is 0. The Morgan fingerprint density at radius 3 is 2.42 bits per heavy atom. The van der Waals surface area contributed by atoms with E-state index in [4.69, 9.17) is 0 Å². The summed E-state index contributed by atoms with van der Waals surface area (Å²) in [5, 5.41) is 3.63. The minimum Gasteiger partial charge on any atom is -0.316 e. The highest BCUT2D eigenvalue weighted by Gasteiger charge is 2.52. The van der Waals surface area contributed by atoms with Gasteiger partial charge in [-0.2, -0.15) is 0 Å². The summed E-state index contributed by atoms with van der Waals surface area (Å²) in [5.41, 5.74) is 3.48. The van der Waals surface area contributed by atoms with Gasteiger partial charge >= 0.3 is 0 Å². The van der Waals surface area contributed by atoms with Gasteiger partial charge in [0.2, 0.25) is 0 Å². The van der Waals surface area contributed by atoms with Crippen LogP contribution < -0.4 is 5.32 Å². The van der Waals surface area contributed by atoms with Gasteiger partial charge in [0.1, 0.15) is 0 Å². The van der Waals surface area contributed by atoms with E-state index in [1.807, 2.05) is 0 Å². The molecule has 1 aliphatic rings. The van der Waals surface area contributed by atoms with Crippen molar-refractivity contribution < 1.29 is 0 Å². The van der Waals surface area contributed by atoms with Gasteiger partial charge in [-0.15, -0.1) is 0 Å². The second-order valence-corrected chi connectivity index (χ2v) is 6.51. The molecule has 1 fully saturated rings. The van der Waals surface area contributed by atoms with Gasteiger partial charge in [-0.1, -0.05) is 52.0 Å². The lowest BCUT2D eigenvalue weighted by atomic mass is 9.89.